The third kappa shape index (κ3) is 8.19. The van der Waals surface area contributed by atoms with E-state index in [4.69, 9.17) is 10.7 Å². The van der Waals surface area contributed by atoms with Crippen LogP contribution >= 0.6 is 0 Å². The molecule has 266 valence electrons. The quantitative estimate of drug-likeness (QED) is 0.0915. The van der Waals surface area contributed by atoms with Gasteiger partial charge in [-0.05, 0) is 82.9 Å². The van der Waals surface area contributed by atoms with Gasteiger partial charge in [-0.1, -0.05) is 97.1 Å². The van der Waals surface area contributed by atoms with Crippen molar-refractivity contribution < 1.29 is 4.92 Å². The zero-order valence-corrected chi connectivity index (χ0v) is 30.2. The summed E-state index contributed by atoms with van der Waals surface area (Å²) in [5.41, 5.74) is 19.8. The SMILES string of the molecule is CN(c1cccc(N)c1)c1ccc2c(c1)CN=C2/C=C/c1ccccc1.CN(c1cccc([N+](=O)[O-])c1)c1ccc2c(c1)CN=C2/C=C/c1ccccc1. The average molecular weight is 709 g/mol. The Hall–Kier alpha value is -7.06. The normalized spacial score (nSPS) is 12.8. The Labute approximate surface area is 315 Å². The van der Waals surface area contributed by atoms with Crippen LogP contribution in [0.1, 0.15) is 33.4 Å². The molecule has 2 N–H and O–H groups in total. The van der Waals surface area contributed by atoms with E-state index in [0.717, 1.165) is 63.1 Å². The molecule has 0 atom stereocenters. The summed E-state index contributed by atoms with van der Waals surface area (Å²) in [6.45, 7) is 1.36. The Morgan fingerprint density at radius 3 is 1.50 bits per heavy atom. The Bertz CT molecular complexity index is 2420. The predicted molar refractivity (Wildman–Crippen MR) is 224 cm³/mol. The van der Waals surface area contributed by atoms with Crippen molar-refractivity contribution in [2.24, 2.45) is 9.98 Å². The second-order valence-electron chi connectivity index (χ2n) is 13.1. The summed E-state index contributed by atoms with van der Waals surface area (Å²) in [6.07, 6.45) is 8.32. The van der Waals surface area contributed by atoms with Crippen molar-refractivity contribution in [1.82, 2.24) is 0 Å². The molecule has 0 bridgehead atoms. The molecule has 8 rings (SSSR count). The number of hydrogen-bond acceptors (Lipinski definition) is 7. The first kappa shape index (κ1) is 35.3. The van der Waals surface area contributed by atoms with E-state index in [2.05, 4.69) is 95.8 Å². The summed E-state index contributed by atoms with van der Waals surface area (Å²) in [5, 5.41) is 11.0. The first-order valence-corrected chi connectivity index (χ1v) is 17.7. The van der Waals surface area contributed by atoms with Crippen LogP contribution in [0.4, 0.5) is 34.1 Å². The van der Waals surface area contributed by atoms with Gasteiger partial charge in [0.25, 0.3) is 5.69 Å². The highest BCUT2D eigenvalue weighted by Crippen LogP contribution is 2.32. The number of nitro benzene ring substituents is 1. The van der Waals surface area contributed by atoms with E-state index in [-0.39, 0.29) is 10.6 Å². The minimum atomic E-state index is -0.376. The Morgan fingerprint density at radius 2 is 1.02 bits per heavy atom. The summed E-state index contributed by atoms with van der Waals surface area (Å²) in [5.74, 6) is 0. The molecule has 0 aromatic heterocycles. The molecule has 0 unspecified atom stereocenters. The topological polar surface area (TPSA) is 100 Å². The van der Waals surface area contributed by atoms with E-state index < -0.39 is 0 Å². The van der Waals surface area contributed by atoms with Crippen molar-refractivity contribution in [2.45, 2.75) is 13.1 Å². The number of anilines is 5. The molecular weight excluding hydrogens is 669 g/mol. The summed E-state index contributed by atoms with van der Waals surface area (Å²) in [4.78, 5) is 24.1. The third-order valence-electron chi connectivity index (χ3n) is 9.50. The molecule has 54 heavy (non-hydrogen) atoms. The van der Waals surface area contributed by atoms with Gasteiger partial charge in [0.05, 0.1) is 29.4 Å². The van der Waals surface area contributed by atoms with E-state index in [0.29, 0.717) is 6.54 Å². The van der Waals surface area contributed by atoms with Gasteiger partial charge in [-0.2, -0.15) is 0 Å². The van der Waals surface area contributed by atoms with E-state index in [1.54, 1.807) is 12.1 Å². The molecule has 6 aromatic rings. The van der Waals surface area contributed by atoms with E-state index >= 15 is 0 Å². The smallest absolute Gasteiger partial charge is 0.271 e. The van der Waals surface area contributed by atoms with Gasteiger partial charge in [0, 0.05) is 65.8 Å². The van der Waals surface area contributed by atoms with Crippen LogP contribution in [-0.4, -0.2) is 30.4 Å². The van der Waals surface area contributed by atoms with Crippen LogP contribution in [0.2, 0.25) is 0 Å². The minimum absolute atomic E-state index is 0.0854. The van der Waals surface area contributed by atoms with E-state index in [1.807, 2.05) is 84.8 Å². The lowest BCUT2D eigenvalue weighted by molar-refractivity contribution is -0.384. The van der Waals surface area contributed by atoms with Crippen molar-refractivity contribution in [1.29, 1.82) is 0 Å². The van der Waals surface area contributed by atoms with Crippen LogP contribution < -0.4 is 15.5 Å². The standard InChI is InChI=1S/C23H19N3O2.C23H21N3/c1-25(19-8-5-9-21(15-19)26(27)28)20-11-12-22-18(14-20)16-24-23(22)13-10-17-6-3-2-4-7-17;1-26(20-9-5-8-19(24)15-20)21-11-12-22-18(14-21)16-25-23(22)13-10-17-6-3-2-4-7-17/h2-15H,16H2,1H3;2-15H,16,24H2,1H3/b2*13-10+. The second kappa shape index (κ2) is 16.1. The molecule has 2 aliphatic rings. The summed E-state index contributed by atoms with van der Waals surface area (Å²) < 4.78 is 0. The zero-order chi connectivity index (χ0) is 37.4. The average Bonchev–Trinajstić information content (AvgIpc) is 3.82. The van der Waals surface area contributed by atoms with E-state index in [1.165, 1.54) is 22.8 Å². The molecule has 0 saturated carbocycles. The number of nitrogens with two attached hydrogens (primary N) is 1. The van der Waals surface area contributed by atoms with Crippen molar-refractivity contribution in [3.63, 3.8) is 0 Å². The first-order valence-electron chi connectivity index (χ1n) is 17.7. The predicted octanol–water partition coefficient (Wildman–Crippen LogP) is 10.4. The lowest BCUT2D eigenvalue weighted by Gasteiger charge is -2.20. The van der Waals surface area contributed by atoms with Gasteiger partial charge in [-0.15, -0.1) is 0 Å². The molecule has 6 aromatic carbocycles. The molecular formula is C46H40N6O2. The lowest BCUT2D eigenvalue weighted by Crippen LogP contribution is -2.10. The number of benzene rings is 6. The lowest BCUT2D eigenvalue weighted by atomic mass is 10.0. The third-order valence-corrected chi connectivity index (χ3v) is 9.50. The van der Waals surface area contributed by atoms with Crippen LogP contribution in [0.15, 0.2) is 168 Å². The molecule has 0 radical (unpaired) electrons. The van der Waals surface area contributed by atoms with Gasteiger partial charge in [-0.3, -0.25) is 20.1 Å². The molecule has 2 heterocycles. The van der Waals surface area contributed by atoms with Gasteiger partial charge in [-0.25, -0.2) is 0 Å². The Morgan fingerprint density at radius 1 is 0.556 bits per heavy atom. The van der Waals surface area contributed by atoms with Crippen LogP contribution in [0.25, 0.3) is 12.2 Å². The number of allylic oxidation sites excluding steroid dienone is 2. The van der Waals surface area contributed by atoms with Crippen molar-refractivity contribution in [3.05, 3.63) is 201 Å². The largest absolute Gasteiger partial charge is 0.399 e. The van der Waals surface area contributed by atoms with Crippen LogP contribution in [0.5, 0.6) is 0 Å². The van der Waals surface area contributed by atoms with Gasteiger partial charge in [0.2, 0.25) is 0 Å². The fraction of sp³-hybridized carbons (Fsp3) is 0.0870. The minimum Gasteiger partial charge on any atom is -0.399 e. The monoisotopic (exact) mass is 708 g/mol. The van der Waals surface area contributed by atoms with Gasteiger partial charge >= 0.3 is 0 Å². The first-order chi connectivity index (χ1) is 26.3. The van der Waals surface area contributed by atoms with Crippen LogP contribution in [0.3, 0.4) is 0 Å². The molecule has 0 fully saturated rings. The Kier molecular flexibility index (Phi) is 10.5. The molecule has 2 aliphatic heterocycles. The fourth-order valence-electron chi connectivity index (χ4n) is 6.46. The molecule has 8 nitrogen and oxygen atoms in total. The second-order valence-corrected chi connectivity index (χ2v) is 13.1. The molecule has 0 amide bonds. The molecule has 8 heteroatoms. The van der Waals surface area contributed by atoms with E-state index in [9.17, 15) is 10.1 Å². The maximum Gasteiger partial charge on any atom is 0.271 e. The van der Waals surface area contributed by atoms with Crippen LogP contribution in [-0.2, 0) is 13.1 Å². The molecule has 0 spiro atoms. The van der Waals surface area contributed by atoms with Crippen molar-refractivity contribution in [3.8, 4) is 0 Å². The van der Waals surface area contributed by atoms with Crippen molar-refractivity contribution in [2.75, 3.05) is 29.6 Å². The van der Waals surface area contributed by atoms with Gasteiger partial charge in [0.15, 0.2) is 0 Å². The highest BCUT2D eigenvalue weighted by Gasteiger charge is 2.18. The van der Waals surface area contributed by atoms with Crippen molar-refractivity contribution >= 4 is 57.7 Å². The van der Waals surface area contributed by atoms with Crippen LogP contribution in [0, 0.1) is 10.1 Å². The molecule has 0 saturated heterocycles. The summed E-state index contributed by atoms with van der Waals surface area (Å²) in [7, 11) is 3.97. The number of nitrogen functional groups attached to an aromatic ring is 1. The molecule has 0 aliphatic carbocycles. The number of non-ortho nitro benzene ring substituents is 1. The van der Waals surface area contributed by atoms with Gasteiger partial charge in [0.1, 0.15) is 0 Å². The number of hydrogen-bond donors (Lipinski definition) is 1. The fourth-order valence-corrected chi connectivity index (χ4v) is 6.46. The summed E-state index contributed by atoms with van der Waals surface area (Å²) in [6, 6.07) is 47.7. The number of rotatable bonds is 9. The summed E-state index contributed by atoms with van der Waals surface area (Å²) >= 11 is 0. The van der Waals surface area contributed by atoms with Gasteiger partial charge < -0.3 is 15.5 Å². The number of nitro groups is 1. The number of fused-ring (bicyclic) bond motifs is 2. The highest BCUT2D eigenvalue weighted by molar-refractivity contribution is 6.14. The number of nitrogens with zero attached hydrogens (tertiary/aromatic N) is 5. The maximum atomic E-state index is 11.0. The Balaban J connectivity index is 0.000000167. The maximum absolute atomic E-state index is 11.0. The zero-order valence-electron chi connectivity index (χ0n) is 30.2. The highest BCUT2D eigenvalue weighted by atomic mass is 16.6. The number of aliphatic imine (C=N–C) groups is 2.